The highest BCUT2D eigenvalue weighted by atomic mass is 32.2. The Bertz CT molecular complexity index is 727. The number of sulfone groups is 1. The van der Waals surface area contributed by atoms with Crippen LogP contribution in [0, 0.1) is 0 Å². The monoisotopic (exact) mass is 381 g/mol. The van der Waals surface area contributed by atoms with E-state index in [4.69, 9.17) is 4.74 Å². The van der Waals surface area contributed by atoms with Crippen molar-refractivity contribution in [2.24, 2.45) is 0 Å². The van der Waals surface area contributed by atoms with Gasteiger partial charge in [0.1, 0.15) is 0 Å². The third-order valence-electron chi connectivity index (χ3n) is 4.45. The Hall–Kier alpha value is -1.89. The zero-order valence-corrected chi connectivity index (χ0v) is 16.2. The van der Waals surface area contributed by atoms with E-state index in [2.05, 4.69) is 12.2 Å². The fourth-order valence-corrected chi connectivity index (χ4v) is 4.56. The minimum absolute atomic E-state index is 0.0518. The highest BCUT2D eigenvalue weighted by molar-refractivity contribution is 7.91. The van der Waals surface area contributed by atoms with Crippen molar-refractivity contribution in [2.75, 3.05) is 11.5 Å². The van der Waals surface area contributed by atoms with Crippen molar-refractivity contribution in [1.82, 2.24) is 5.32 Å². The van der Waals surface area contributed by atoms with Gasteiger partial charge in [0.25, 0.3) is 5.91 Å². The summed E-state index contributed by atoms with van der Waals surface area (Å²) in [5, 5.41) is 2.64. The van der Waals surface area contributed by atoms with Gasteiger partial charge in [-0.3, -0.25) is 9.59 Å². The van der Waals surface area contributed by atoms with E-state index < -0.39 is 33.9 Å². The SMILES string of the molecule is CCCCc1ccc(CC(=O)O[C@H](C)C(=O)N[C@@H]2CCS(=O)(=O)C2)cc1. The normalized spacial score (nSPS) is 19.7. The minimum atomic E-state index is -3.06. The average molecular weight is 381 g/mol. The first kappa shape index (κ1) is 20.4. The van der Waals surface area contributed by atoms with Gasteiger partial charge in [-0.25, -0.2) is 8.42 Å². The zero-order chi connectivity index (χ0) is 19.2. The molecular weight excluding hydrogens is 354 g/mol. The Balaban J connectivity index is 1.78. The second-order valence-corrected chi connectivity index (χ2v) is 9.07. The molecule has 1 saturated heterocycles. The van der Waals surface area contributed by atoms with Gasteiger partial charge in [-0.15, -0.1) is 0 Å². The predicted octanol–water partition coefficient (Wildman–Crippen LogP) is 1.81. The number of esters is 1. The molecule has 1 fully saturated rings. The molecule has 0 saturated carbocycles. The van der Waals surface area contributed by atoms with E-state index in [1.807, 2.05) is 24.3 Å². The van der Waals surface area contributed by atoms with Gasteiger partial charge in [0.15, 0.2) is 15.9 Å². The van der Waals surface area contributed by atoms with Gasteiger partial charge in [-0.05, 0) is 37.3 Å². The average Bonchev–Trinajstić information content (AvgIpc) is 2.92. The summed E-state index contributed by atoms with van der Waals surface area (Å²) in [6.45, 7) is 3.64. The van der Waals surface area contributed by atoms with Gasteiger partial charge in [0, 0.05) is 6.04 Å². The molecule has 1 aromatic rings. The Morgan fingerprint density at radius 1 is 1.23 bits per heavy atom. The first-order valence-electron chi connectivity index (χ1n) is 9.07. The maximum Gasteiger partial charge on any atom is 0.311 e. The summed E-state index contributed by atoms with van der Waals surface area (Å²) in [4.78, 5) is 24.1. The molecule has 0 unspecified atom stereocenters. The molecular formula is C19H27NO5S. The van der Waals surface area contributed by atoms with Crippen LogP contribution in [-0.2, 0) is 37.0 Å². The van der Waals surface area contributed by atoms with Crippen LogP contribution in [0.1, 0.15) is 44.2 Å². The highest BCUT2D eigenvalue weighted by Crippen LogP contribution is 2.12. The zero-order valence-electron chi connectivity index (χ0n) is 15.4. The Labute approximate surface area is 155 Å². The van der Waals surface area contributed by atoms with Crippen LogP contribution in [-0.4, -0.2) is 43.9 Å². The van der Waals surface area contributed by atoms with Gasteiger partial charge in [0.2, 0.25) is 0 Å². The largest absolute Gasteiger partial charge is 0.452 e. The highest BCUT2D eigenvalue weighted by Gasteiger charge is 2.30. The number of aryl methyl sites for hydroxylation is 1. The molecule has 7 heteroatoms. The molecule has 0 aromatic heterocycles. The van der Waals surface area contributed by atoms with E-state index in [1.165, 1.54) is 12.5 Å². The molecule has 1 amide bonds. The molecule has 144 valence electrons. The molecule has 1 N–H and O–H groups in total. The topological polar surface area (TPSA) is 89.5 Å². The van der Waals surface area contributed by atoms with E-state index in [9.17, 15) is 18.0 Å². The fourth-order valence-electron chi connectivity index (χ4n) is 2.89. The van der Waals surface area contributed by atoms with Gasteiger partial charge < -0.3 is 10.1 Å². The second kappa shape index (κ2) is 9.16. The van der Waals surface area contributed by atoms with Crippen molar-refractivity contribution in [2.45, 2.75) is 58.1 Å². The predicted molar refractivity (Wildman–Crippen MR) is 99.5 cm³/mol. The first-order valence-corrected chi connectivity index (χ1v) is 10.9. The van der Waals surface area contributed by atoms with Crippen molar-refractivity contribution in [3.05, 3.63) is 35.4 Å². The molecule has 6 nitrogen and oxygen atoms in total. The van der Waals surface area contributed by atoms with Gasteiger partial charge >= 0.3 is 5.97 Å². The van der Waals surface area contributed by atoms with E-state index in [1.54, 1.807) is 0 Å². The quantitative estimate of drug-likeness (QED) is 0.694. The lowest BCUT2D eigenvalue weighted by Gasteiger charge is -2.16. The van der Waals surface area contributed by atoms with Crippen molar-refractivity contribution in [3.8, 4) is 0 Å². The molecule has 2 atom stereocenters. The number of unbranched alkanes of at least 4 members (excludes halogenated alkanes) is 1. The minimum Gasteiger partial charge on any atom is -0.452 e. The number of nitrogens with one attached hydrogen (secondary N) is 1. The molecule has 1 heterocycles. The van der Waals surface area contributed by atoms with Crippen LogP contribution in [0.5, 0.6) is 0 Å². The number of ether oxygens (including phenoxy) is 1. The molecule has 1 aliphatic heterocycles. The van der Waals surface area contributed by atoms with Crippen LogP contribution in [0.2, 0.25) is 0 Å². The van der Waals surface area contributed by atoms with Crippen LogP contribution >= 0.6 is 0 Å². The van der Waals surface area contributed by atoms with E-state index in [0.29, 0.717) is 6.42 Å². The lowest BCUT2D eigenvalue weighted by molar-refractivity contribution is -0.154. The molecule has 0 bridgehead atoms. The molecule has 26 heavy (non-hydrogen) atoms. The summed E-state index contributed by atoms with van der Waals surface area (Å²) in [6, 6.07) is 7.43. The fraction of sp³-hybridized carbons (Fsp3) is 0.579. The molecule has 2 rings (SSSR count). The van der Waals surface area contributed by atoms with Gasteiger partial charge in [-0.2, -0.15) is 0 Å². The van der Waals surface area contributed by atoms with Crippen molar-refractivity contribution in [1.29, 1.82) is 0 Å². The van der Waals surface area contributed by atoms with Crippen molar-refractivity contribution >= 4 is 21.7 Å². The summed E-state index contributed by atoms with van der Waals surface area (Å²) in [5.41, 5.74) is 2.08. The summed E-state index contributed by atoms with van der Waals surface area (Å²) >= 11 is 0. The number of rotatable bonds is 8. The number of benzene rings is 1. The van der Waals surface area contributed by atoms with Crippen LogP contribution in [0.3, 0.4) is 0 Å². The summed E-state index contributed by atoms with van der Waals surface area (Å²) in [7, 11) is -3.06. The lowest BCUT2D eigenvalue weighted by atomic mass is 10.1. The Morgan fingerprint density at radius 3 is 2.46 bits per heavy atom. The summed E-state index contributed by atoms with van der Waals surface area (Å²) < 4.78 is 28.0. The third kappa shape index (κ3) is 6.44. The van der Waals surface area contributed by atoms with Gasteiger partial charge in [-0.1, -0.05) is 37.6 Å². The maximum absolute atomic E-state index is 12.1. The lowest BCUT2D eigenvalue weighted by Crippen LogP contribution is -2.42. The Kier molecular flexibility index (Phi) is 7.20. The van der Waals surface area contributed by atoms with Gasteiger partial charge in [0.05, 0.1) is 17.9 Å². The van der Waals surface area contributed by atoms with Crippen LogP contribution in [0.25, 0.3) is 0 Å². The number of carbonyl (C=O) groups excluding carboxylic acids is 2. The molecule has 1 aromatic carbocycles. The molecule has 0 radical (unpaired) electrons. The Morgan fingerprint density at radius 2 is 1.88 bits per heavy atom. The number of amides is 1. The maximum atomic E-state index is 12.1. The first-order chi connectivity index (χ1) is 12.3. The second-order valence-electron chi connectivity index (χ2n) is 6.84. The molecule has 1 aliphatic rings. The van der Waals surface area contributed by atoms with Crippen LogP contribution < -0.4 is 5.32 Å². The van der Waals surface area contributed by atoms with E-state index in [-0.39, 0.29) is 17.9 Å². The van der Waals surface area contributed by atoms with E-state index >= 15 is 0 Å². The standard InChI is InChI=1S/C19H27NO5S/c1-3-4-5-15-6-8-16(9-7-15)12-18(21)25-14(2)19(22)20-17-10-11-26(23,24)13-17/h6-9,14,17H,3-5,10-13H2,1-2H3,(H,20,22)/t14-,17-/m1/s1. The molecule has 0 aliphatic carbocycles. The van der Waals surface area contributed by atoms with Crippen molar-refractivity contribution < 1.29 is 22.7 Å². The number of hydrogen-bond donors (Lipinski definition) is 1. The summed E-state index contributed by atoms with van der Waals surface area (Å²) in [6.07, 6.45) is 2.85. The number of carbonyl (C=O) groups is 2. The van der Waals surface area contributed by atoms with E-state index in [0.717, 1.165) is 24.8 Å². The van der Waals surface area contributed by atoms with Crippen molar-refractivity contribution in [3.63, 3.8) is 0 Å². The van der Waals surface area contributed by atoms with Crippen LogP contribution in [0.4, 0.5) is 0 Å². The molecule has 0 spiro atoms. The number of hydrogen-bond acceptors (Lipinski definition) is 5. The smallest absolute Gasteiger partial charge is 0.311 e. The third-order valence-corrected chi connectivity index (χ3v) is 6.21. The summed E-state index contributed by atoms with van der Waals surface area (Å²) in [5.74, 6) is -0.909. The van der Waals surface area contributed by atoms with Crippen LogP contribution in [0.15, 0.2) is 24.3 Å².